The van der Waals surface area contributed by atoms with Gasteiger partial charge >= 0.3 is 0 Å². The lowest BCUT2D eigenvalue weighted by Gasteiger charge is -2.12. The topological polar surface area (TPSA) is 83.3 Å². The summed E-state index contributed by atoms with van der Waals surface area (Å²) >= 11 is 0. The Morgan fingerprint density at radius 3 is 2.58 bits per heavy atom. The molecule has 1 aromatic heterocycles. The minimum absolute atomic E-state index is 0.141. The highest BCUT2D eigenvalue weighted by Crippen LogP contribution is 2.24. The third kappa shape index (κ3) is 2.35. The van der Waals surface area contributed by atoms with Crippen molar-refractivity contribution in [1.29, 1.82) is 0 Å². The third-order valence-electron chi connectivity index (χ3n) is 2.84. The monoisotopic (exact) mass is 256 g/mol. The third-order valence-corrected chi connectivity index (χ3v) is 2.84. The molecule has 98 valence electrons. The quantitative estimate of drug-likeness (QED) is 0.731. The molecule has 0 saturated heterocycles. The fourth-order valence-corrected chi connectivity index (χ4v) is 1.96. The SMILES string of the molecule is CN=Cc1c(N)[nH]c(NC)c(-c2ccccc2)c1=O. The smallest absolute Gasteiger partial charge is 0.202 e. The second-order valence-corrected chi connectivity index (χ2v) is 4.03. The largest absolute Gasteiger partial charge is 0.385 e. The van der Waals surface area contributed by atoms with Crippen LogP contribution in [-0.4, -0.2) is 25.3 Å². The number of aromatic amines is 1. The Labute approximate surface area is 111 Å². The number of nitrogens with zero attached hydrogens (tertiary/aromatic N) is 1. The molecule has 0 aliphatic heterocycles. The van der Waals surface area contributed by atoms with Gasteiger partial charge in [0.15, 0.2) is 0 Å². The van der Waals surface area contributed by atoms with Crippen molar-refractivity contribution in [3.63, 3.8) is 0 Å². The molecule has 0 atom stereocenters. The molecule has 19 heavy (non-hydrogen) atoms. The molecule has 0 unspecified atom stereocenters. The lowest BCUT2D eigenvalue weighted by Crippen LogP contribution is -2.18. The number of H-pyrrole nitrogens is 1. The predicted octanol–water partition coefficient (Wildman–Crippen LogP) is 1.71. The first-order chi connectivity index (χ1) is 9.19. The number of aromatic nitrogens is 1. The number of nitrogens with one attached hydrogen (secondary N) is 2. The number of pyridine rings is 1. The van der Waals surface area contributed by atoms with Crippen LogP contribution in [0.4, 0.5) is 11.6 Å². The van der Waals surface area contributed by atoms with Crippen LogP contribution in [0.15, 0.2) is 40.1 Å². The molecule has 4 N–H and O–H groups in total. The second-order valence-electron chi connectivity index (χ2n) is 4.03. The van der Waals surface area contributed by atoms with Gasteiger partial charge in [0.2, 0.25) is 5.43 Å². The van der Waals surface area contributed by atoms with Gasteiger partial charge < -0.3 is 16.0 Å². The lowest BCUT2D eigenvalue weighted by atomic mass is 10.0. The standard InChI is InChI=1S/C14H16N4O/c1-16-8-10-12(19)11(9-6-4-3-5-7-9)14(17-2)18-13(10)15/h3-8H,1-2H3,(H4,15,17,18,19). The van der Waals surface area contributed by atoms with Crippen molar-refractivity contribution in [2.24, 2.45) is 4.99 Å². The Morgan fingerprint density at radius 2 is 2.00 bits per heavy atom. The molecule has 1 aromatic carbocycles. The first-order valence-electron chi connectivity index (χ1n) is 5.90. The lowest BCUT2D eigenvalue weighted by molar-refractivity contribution is 1.27. The van der Waals surface area contributed by atoms with Crippen LogP contribution >= 0.6 is 0 Å². The number of hydrogen-bond donors (Lipinski definition) is 3. The predicted molar refractivity (Wildman–Crippen MR) is 80.0 cm³/mol. The highest BCUT2D eigenvalue weighted by Gasteiger charge is 2.14. The molecule has 0 bridgehead atoms. The summed E-state index contributed by atoms with van der Waals surface area (Å²) in [5.41, 5.74) is 7.47. The Hall–Kier alpha value is -2.56. The molecule has 1 heterocycles. The molecule has 0 spiro atoms. The summed E-state index contributed by atoms with van der Waals surface area (Å²) in [6.45, 7) is 0. The molecular weight excluding hydrogens is 240 g/mol. The number of benzene rings is 1. The van der Waals surface area contributed by atoms with Crippen LogP contribution in [0.3, 0.4) is 0 Å². The van der Waals surface area contributed by atoms with Gasteiger partial charge in [-0.1, -0.05) is 30.3 Å². The summed E-state index contributed by atoms with van der Waals surface area (Å²) in [5.74, 6) is 0.904. The molecule has 0 amide bonds. The van der Waals surface area contributed by atoms with Crippen molar-refractivity contribution in [1.82, 2.24) is 4.98 Å². The number of aliphatic imine (C=N–C) groups is 1. The highest BCUT2D eigenvalue weighted by atomic mass is 16.1. The van der Waals surface area contributed by atoms with E-state index in [-0.39, 0.29) is 5.43 Å². The van der Waals surface area contributed by atoms with E-state index in [0.717, 1.165) is 5.56 Å². The average molecular weight is 256 g/mol. The van der Waals surface area contributed by atoms with Crippen molar-refractivity contribution in [2.75, 3.05) is 25.1 Å². The summed E-state index contributed by atoms with van der Waals surface area (Å²) in [4.78, 5) is 19.4. The fourth-order valence-electron chi connectivity index (χ4n) is 1.96. The van der Waals surface area contributed by atoms with Gasteiger partial charge in [0.1, 0.15) is 11.6 Å². The van der Waals surface area contributed by atoms with E-state index in [9.17, 15) is 4.79 Å². The molecule has 5 heteroatoms. The molecular formula is C14H16N4O. The van der Waals surface area contributed by atoms with Gasteiger partial charge in [0, 0.05) is 20.3 Å². The van der Waals surface area contributed by atoms with Crippen LogP contribution in [0.25, 0.3) is 11.1 Å². The van der Waals surface area contributed by atoms with Crippen LogP contribution in [0.2, 0.25) is 0 Å². The summed E-state index contributed by atoms with van der Waals surface area (Å²) in [5, 5.41) is 2.96. The summed E-state index contributed by atoms with van der Waals surface area (Å²) in [6, 6.07) is 9.45. The minimum atomic E-state index is -0.141. The number of nitrogens with two attached hydrogens (primary N) is 1. The Morgan fingerprint density at radius 1 is 1.32 bits per heavy atom. The molecule has 5 nitrogen and oxygen atoms in total. The van der Waals surface area contributed by atoms with Gasteiger partial charge in [-0.15, -0.1) is 0 Å². The number of anilines is 2. The average Bonchev–Trinajstić information content (AvgIpc) is 2.43. The molecule has 0 radical (unpaired) electrons. The van der Waals surface area contributed by atoms with E-state index in [4.69, 9.17) is 5.73 Å². The van der Waals surface area contributed by atoms with E-state index in [2.05, 4.69) is 15.3 Å². The maximum absolute atomic E-state index is 12.5. The van der Waals surface area contributed by atoms with E-state index < -0.39 is 0 Å². The van der Waals surface area contributed by atoms with Crippen molar-refractivity contribution in [3.05, 3.63) is 46.1 Å². The van der Waals surface area contributed by atoms with Crippen LogP contribution in [-0.2, 0) is 0 Å². The van der Waals surface area contributed by atoms with Gasteiger partial charge in [-0.3, -0.25) is 9.79 Å². The first-order valence-corrected chi connectivity index (χ1v) is 5.90. The maximum atomic E-state index is 12.5. The first kappa shape index (κ1) is 12.9. The minimum Gasteiger partial charge on any atom is -0.385 e. The van der Waals surface area contributed by atoms with Gasteiger partial charge in [-0.25, -0.2) is 0 Å². The molecule has 0 aliphatic carbocycles. The summed E-state index contributed by atoms with van der Waals surface area (Å²) in [6.07, 6.45) is 1.47. The zero-order chi connectivity index (χ0) is 13.8. The number of nitrogen functional groups attached to an aromatic ring is 1. The van der Waals surface area contributed by atoms with Crippen molar-refractivity contribution >= 4 is 17.9 Å². The fraction of sp³-hybridized carbons (Fsp3) is 0.143. The maximum Gasteiger partial charge on any atom is 0.202 e. The summed E-state index contributed by atoms with van der Waals surface area (Å²) < 4.78 is 0. The van der Waals surface area contributed by atoms with Crippen LogP contribution in [0.5, 0.6) is 0 Å². The van der Waals surface area contributed by atoms with E-state index in [1.165, 1.54) is 6.21 Å². The van der Waals surface area contributed by atoms with E-state index in [1.54, 1.807) is 14.1 Å². The van der Waals surface area contributed by atoms with Gasteiger partial charge in [-0.2, -0.15) is 0 Å². The zero-order valence-electron chi connectivity index (χ0n) is 10.9. The van der Waals surface area contributed by atoms with Crippen LogP contribution in [0, 0.1) is 0 Å². The van der Waals surface area contributed by atoms with Crippen molar-refractivity contribution in [3.8, 4) is 11.1 Å². The molecule has 2 aromatic rings. The van der Waals surface area contributed by atoms with Crippen LogP contribution < -0.4 is 16.5 Å². The van der Waals surface area contributed by atoms with Crippen molar-refractivity contribution < 1.29 is 0 Å². The normalized spacial score (nSPS) is 10.8. The van der Waals surface area contributed by atoms with E-state index >= 15 is 0 Å². The Bertz CT molecular complexity index is 659. The summed E-state index contributed by atoms with van der Waals surface area (Å²) in [7, 11) is 3.35. The van der Waals surface area contributed by atoms with E-state index in [1.807, 2.05) is 30.3 Å². The van der Waals surface area contributed by atoms with E-state index in [0.29, 0.717) is 22.8 Å². The van der Waals surface area contributed by atoms with Gasteiger partial charge in [0.05, 0.1) is 11.1 Å². The van der Waals surface area contributed by atoms with Gasteiger partial charge in [0.25, 0.3) is 0 Å². The van der Waals surface area contributed by atoms with Gasteiger partial charge in [-0.05, 0) is 5.56 Å². The number of rotatable bonds is 3. The molecule has 0 fully saturated rings. The Balaban J connectivity index is 2.79. The van der Waals surface area contributed by atoms with Crippen LogP contribution in [0.1, 0.15) is 5.56 Å². The van der Waals surface area contributed by atoms with Crippen molar-refractivity contribution in [2.45, 2.75) is 0 Å². The number of hydrogen-bond acceptors (Lipinski definition) is 4. The molecule has 0 saturated carbocycles. The highest BCUT2D eigenvalue weighted by molar-refractivity contribution is 5.90. The molecule has 2 rings (SSSR count). The zero-order valence-corrected chi connectivity index (χ0v) is 10.9. The molecule has 0 aliphatic rings. The Kier molecular flexibility index (Phi) is 3.66. The second kappa shape index (κ2) is 5.39.